The standard InChI is InChI=1S/C19H23N3O3/c1-11-8-16-17(9-15(11)13(3)23)22-19(24)18(21-16)10-20-12(2)14-4-6-25-7-5-14/h8-10,14,21H,4-7H2,1-3H3,(H,22,24)/b18-10-,20-12+. The predicted molar refractivity (Wildman–Crippen MR) is 98.2 cm³/mol. The summed E-state index contributed by atoms with van der Waals surface area (Å²) in [5.74, 6) is 0.131. The molecule has 1 amide bonds. The molecule has 0 aromatic heterocycles. The maximum absolute atomic E-state index is 12.3. The quantitative estimate of drug-likeness (QED) is 0.502. The van der Waals surface area contributed by atoms with Crippen molar-refractivity contribution in [2.24, 2.45) is 10.9 Å². The summed E-state index contributed by atoms with van der Waals surface area (Å²) < 4.78 is 5.37. The molecule has 1 fully saturated rings. The Morgan fingerprint density at radius 2 is 1.88 bits per heavy atom. The largest absolute Gasteiger partial charge is 0.381 e. The number of Topliss-reactive ketones (excluding diaryl/α,β-unsaturated/α-hetero) is 1. The summed E-state index contributed by atoms with van der Waals surface area (Å²) >= 11 is 0. The van der Waals surface area contributed by atoms with Crippen LogP contribution in [0.15, 0.2) is 29.0 Å². The van der Waals surface area contributed by atoms with Gasteiger partial charge >= 0.3 is 0 Å². The van der Waals surface area contributed by atoms with Gasteiger partial charge in [-0.1, -0.05) is 0 Å². The van der Waals surface area contributed by atoms with Crippen LogP contribution in [0.2, 0.25) is 0 Å². The number of nitrogens with zero attached hydrogens (tertiary/aromatic N) is 1. The number of rotatable bonds is 3. The lowest BCUT2D eigenvalue weighted by Gasteiger charge is -2.23. The molecule has 2 aliphatic rings. The molecule has 0 aliphatic carbocycles. The Bertz CT molecular complexity index is 774. The van der Waals surface area contributed by atoms with E-state index in [0.29, 0.717) is 22.9 Å². The van der Waals surface area contributed by atoms with E-state index in [2.05, 4.69) is 15.6 Å². The molecule has 0 spiro atoms. The van der Waals surface area contributed by atoms with E-state index < -0.39 is 0 Å². The van der Waals surface area contributed by atoms with Gasteiger partial charge in [0, 0.05) is 30.4 Å². The van der Waals surface area contributed by atoms with Gasteiger partial charge in [-0.2, -0.15) is 0 Å². The first kappa shape index (κ1) is 17.4. The van der Waals surface area contributed by atoms with Gasteiger partial charge in [-0.05, 0) is 51.3 Å². The molecule has 1 aromatic rings. The summed E-state index contributed by atoms with van der Waals surface area (Å²) in [5, 5.41) is 5.94. The molecule has 6 nitrogen and oxygen atoms in total. The number of aryl methyl sites for hydroxylation is 1. The molecule has 0 saturated carbocycles. The molecule has 132 valence electrons. The third kappa shape index (κ3) is 3.79. The maximum atomic E-state index is 12.3. The Hall–Kier alpha value is -2.47. The van der Waals surface area contributed by atoms with Crippen LogP contribution < -0.4 is 10.6 Å². The van der Waals surface area contributed by atoms with E-state index in [0.717, 1.165) is 43.0 Å². The number of carbonyl (C=O) groups excluding carboxylic acids is 2. The van der Waals surface area contributed by atoms with Crippen molar-refractivity contribution < 1.29 is 14.3 Å². The monoisotopic (exact) mass is 341 g/mol. The highest BCUT2D eigenvalue weighted by Gasteiger charge is 2.22. The summed E-state index contributed by atoms with van der Waals surface area (Å²) in [4.78, 5) is 28.4. The van der Waals surface area contributed by atoms with Crippen molar-refractivity contribution in [3.8, 4) is 0 Å². The Morgan fingerprint density at radius 1 is 1.20 bits per heavy atom. The number of ketones is 1. The zero-order chi connectivity index (χ0) is 18.0. The van der Waals surface area contributed by atoms with Gasteiger partial charge in [0.1, 0.15) is 5.70 Å². The first-order chi connectivity index (χ1) is 12.0. The summed E-state index contributed by atoms with van der Waals surface area (Å²) in [6.07, 6.45) is 3.51. The molecule has 0 bridgehead atoms. The molecule has 2 aliphatic heterocycles. The minimum Gasteiger partial charge on any atom is -0.381 e. The molecule has 0 atom stereocenters. The number of fused-ring (bicyclic) bond motifs is 1. The van der Waals surface area contributed by atoms with E-state index >= 15 is 0 Å². The second-order valence-electron chi connectivity index (χ2n) is 6.55. The summed E-state index contributed by atoms with van der Waals surface area (Å²) in [6, 6.07) is 3.58. The van der Waals surface area contributed by atoms with E-state index in [1.165, 1.54) is 6.92 Å². The third-order valence-electron chi connectivity index (χ3n) is 4.72. The fraction of sp³-hybridized carbons (Fsp3) is 0.421. The number of ether oxygens (including phenoxy) is 1. The van der Waals surface area contributed by atoms with E-state index in [9.17, 15) is 9.59 Å². The van der Waals surface area contributed by atoms with Crippen LogP contribution >= 0.6 is 0 Å². The molecule has 3 rings (SSSR count). The number of hydrogen-bond donors (Lipinski definition) is 2. The van der Waals surface area contributed by atoms with Crippen molar-refractivity contribution in [1.82, 2.24) is 0 Å². The second kappa shape index (κ2) is 7.19. The Morgan fingerprint density at radius 3 is 2.56 bits per heavy atom. The van der Waals surface area contributed by atoms with E-state index in [-0.39, 0.29) is 11.7 Å². The van der Waals surface area contributed by atoms with Crippen molar-refractivity contribution in [3.63, 3.8) is 0 Å². The minimum absolute atomic E-state index is 0.0208. The molecular weight excluding hydrogens is 318 g/mol. The van der Waals surface area contributed by atoms with Crippen LogP contribution in [0.25, 0.3) is 0 Å². The van der Waals surface area contributed by atoms with Gasteiger partial charge in [-0.3, -0.25) is 14.6 Å². The fourth-order valence-electron chi connectivity index (χ4n) is 3.16. The molecule has 1 aromatic carbocycles. The number of anilines is 2. The Labute approximate surface area is 147 Å². The smallest absolute Gasteiger partial charge is 0.273 e. The molecule has 6 heteroatoms. The van der Waals surface area contributed by atoms with Crippen molar-refractivity contribution >= 4 is 28.8 Å². The van der Waals surface area contributed by atoms with Crippen LogP contribution in [0.1, 0.15) is 42.6 Å². The van der Waals surface area contributed by atoms with Crippen molar-refractivity contribution in [2.45, 2.75) is 33.6 Å². The van der Waals surface area contributed by atoms with Crippen LogP contribution in [0, 0.1) is 12.8 Å². The Balaban J connectivity index is 1.82. The summed E-state index contributed by atoms with van der Waals surface area (Å²) in [7, 11) is 0. The van der Waals surface area contributed by atoms with Gasteiger partial charge < -0.3 is 15.4 Å². The fourth-order valence-corrected chi connectivity index (χ4v) is 3.16. The lowest BCUT2D eigenvalue weighted by Crippen LogP contribution is -2.26. The zero-order valence-electron chi connectivity index (χ0n) is 14.8. The number of amides is 1. The van der Waals surface area contributed by atoms with Crippen molar-refractivity contribution in [1.29, 1.82) is 0 Å². The summed E-state index contributed by atoms with van der Waals surface area (Å²) in [6.45, 7) is 6.92. The molecule has 0 unspecified atom stereocenters. The molecular formula is C19H23N3O3. The van der Waals surface area contributed by atoms with Gasteiger partial charge in [-0.15, -0.1) is 0 Å². The van der Waals surface area contributed by atoms with E-state index in [4.69, 9.17) is 4.74 Å². The zero-order valence-corrected chi connectivity index (χ0v) is 14.8. The molecule has 1 saturated heterocycles. The minimum atomic E-state index is -0.255. The van der Waals surface area contributed by atoms with Gasteiger partial charge in [0.2, 0.25) is 0 Å². The Kier molecular flexibility index (Phi) is 4.99. The number of aliphatic imine (C=N–C) groups is 1. The topological polar surface area (TPSA) is 79.8 Å². The highest BCUT2D eigenvalue weighted by Crippen LogP contribution is 2.31. The maximum Gasteiger partial charge on any atom is 0.273 e. The first-order valence-electron chi connectivity index (χ1n) is 8.52. The average molecular weight is 341 g/mol. The van der Waals surface area contributed by atoms with Crippen LogP contribution in [0.4, 0.5) is 11.4 Å². The number of benzene rings is 1. The average Bonchev–Trinajstić information content (AvgIpc) is 2.60. The van der Waals surface area contributed by atoms with Crippen molar-refractivity contribution in [2.75, 3.05) is 23.8 Å². The number of nitrogens with one attached hydrogen (secondary N) is 2. The number of carbonyl (C=O) groups is 2. The van der Waals surface area contributed by atoms with Gasteiger partial charge in [0.25, 0.3) is 5.91 Å². The molecule has 0 radical (unpaired) electrons. The first-order valence-corrected chi connectivity index (χ1v) is 8.52. The van der Waals surface area contributed by atoms with Crippen LogP contribution in [0.5, 0.6) is 0 Å². The van der Waals surface area contributed by atoms with Crippen LogP contribution in [0.3, 0.4) is 0 Å². The van der Waals surface area contributed by atoms with Gasteiger partial charge in [0.05, 0.1) is 17.6 Å². The SMILES string of the molecule is CC(=O)c1cc2c(cc1C)N/C(=C\N=C(/C)C1CCOCC1)C(=O)N2. The molecule has 2 N–H and O–H groups in total. The highest BCUT2D eigenvalue weighted by atomic mass is 16.5. The van der Waals surface area contributed by atoms with E-state index in [1.807, 2.05) is 19.9 Å². The van der Waals surface area contributed by atoms with E-state index in [1.54, 1.807) is 12.3 Å². The normalized spacial score (nSPS) is 20.0. The molecule has 25 heavy (non-hydrogen) atoms. The van der Waals surface area contributed by atoms with Crippen LogP contribution in [-0.2, 0) is 9.53 Å². The summed E-state index contributed by atoms with van der Waals surface area (Å²) in [5.41, 5.74) is 4.28. The lowest BCUT2D eigenvalue weighted by atomic mass is 9.96. The lowest BCUT2D eigenvalue weighted by molar-refractivity contribution is -0.112. The second-order valence-corrected chi connectivity index (χ2v) is 6.55. The number of hydrogen-bond acceptors (Lipinski definition) is 5. The van der Waals surface area contributed by atoms with Gasteiger partial charge in [-0.25, -0.2) is 0 Å². The predicted octanol–water partition coefficient (Wildman–Crippen LogP) is 3.29. The highest BCUT2D eigenvalue weighted by molar-refractivity contribution is 6.12. The van der Waals surface area contributed by atoms with Crippen LogP contribution in [-0.4, -0.2) is 30.6 Å². The van der Waals surface area contributed by atoms with Crippen molar-refractivity contribution in [3.05, 3.63) is 35.2 Å². The van der Waals surface area contributed by atoms with Gasteiger partial charge in [0.15, 0.2) is 5.78 Å². The molecule has 2 heterocycles. The third-order valence-corrected chi connectivity index (χ3v) is 4.72.